The lowest BCUT2D eigenvalue weighted by Crippen LogP contribution is -2.37. The van der Waals surface area contributed by atoms with Crippen molar-refractivity contribution in [1.29, 1.82) is 0 Å². The van der Waals surface area contributed by atoms with E-state index in [4.69, 9.17) is 5.73 Å². The van der Waals surface area contributed by atoms with Crippen LogP contribution in [0.4, 0.5) is 13.2 Å². The molecule has 1 aliphatic heterocycles. The minimum absolute atomic E-state index is 0.0511. The minimum Gasteiger partial charge on any atom is -0.406 e. The SMILES string of the molecule is NC(=O)c1n[c]c2c(n1)CN(S(=O)(=O)c1cccc(OC(F)(F)F)c1)CC2. The van der Waals surface area contributed by atoms with Crippen molar-refractivity contribution in [2.45, 2.75) is 24.2 Å². The smallest absolute Gasteiger partial charge is 0.406 e. The van der Waals surface area contributed by atoms with Crippen LogP contribution in [0.3, 0.4) is 0 Å². The number of hydrogen-bond acceptors (Lipinski definition) is 6. The van der Waals surface area contributed by atoms with Gasteiger partial charge in [0.25, 0.3) is 5.91 Å². The third-order valence-electron chi connectivity index (χ3n) is 3.72. The average Bonchev–Trinajstić information content (AvgIpc) is 2.59. The lowest BCUT2D eigenvalue weighted by molar-refractivity contribution is -0.274. The van der Waals surface area contributed by atoms with E-state index in [-0.39, 0.29) is 35.9 Å². The molecule has 0 fully saturated rings. The topological polar surface area (TPSA) is 115 Å². The molecule has 0 saturated heterocycles. The summed E-state index contributed by atoms with van der Waals surface area (Å²) in [6.07, 6.45) is -2.11. The van der Waals surface area contributed by atoms with Crippen molar-refractivity contribution < 1.29 is 31.1 Å². The predicted molar refractivity (Wildman–Crippen MR) is 83.8 cm³/mol. The first-order valence-electron chi connectivity index (χ1n) is 7.49. The molecule has 2 aromatic rings. The Morgan fingerprint density at radius 1 is 1.33 bits per heavy atom. The fourth-order valence-corrected chi connectivity index (χ4v) is 3.95. The van der Waals surface area contributed by atoms with E-state index < -0.39 is 28.0 Å². The fourth-order valence-electron chi connectivity index (χ4n) is 2.52. The van der Waals surface area contributed by atoms with Gasteiger partial charge in [-0.25, -0.2) is 18.4 Å². The number of benzene rings is 1. The Morgan fingerprint density at radius 3 is 2.74 bits per heavy atom. The molecule has 1 aromatic heterocycles. The van der Waals surface area contributed by atoms with E-state index in [2.05, 4.69) is 20.9 Å². The van der Waals surface area contributed by atoms with E-state index >= 15 is 0 Å². The van der Waals surface area contributed by atoms with Crippen LogP contribution in [0.5, 0.6) is 5.75 Å². The molecular formula is C15H12F3N4O4S. The Morgan fingerprint density at radius 2 is 2.07 bits per heavy atom. The molecule has 0 atom stereocenters. The molecule has 12 heteroatoms. The molecule has 1 radical (unpaired) electrons. The predicted octanol–water partition coefficient (Wildman–Crippen LogP) is 1.02. The summed E-state index contributed by atoms with van der Waals surface area (Å²) in [4.78, 5) is 18.4. The van der Waals surface area contributed by atoms with Gasteiger partial charge in [-0.2, -0.15) is 4.31 Å². The van der Waals surface area contributed by atoms with Crippen molar-refractivity contribution in [3.8, 4) is 5.75 Å². The summed E-state index contributed by atoms with van der Waals surface area (Å²) in [5.41, 5.74) is 5.91. The van der Waals surface area contributed by atoms with E-state index in [9.17, 15) is 26.4 Å². The molecule has 27 heavy (non-hydrogen) atoms. The summed E-state index contributed by atoms with van der Waals surface area (Å²) in [7, 11) is -4.12. The maximum absolute atomic E-state index is 12.8. The number of aromatic nitrogens is 2. The minimum atomic E-state index is -4.94. The summed E-state index contributed by atoms with van der Waals surface area (Å²) in [5.74, 6) is -1.83. The van der Waals surface area contributed by atoms with Gasteiger partial charge >= 0.3 is 6.36 Å². The standard InChI is InChI=1S/C15H12F3N4O4S/c16-15(17,18)26-10-2-1-3-11(6-10)27(24,25)22-5-4-9-7-20-14(13(19)23)21-12(9)8-22/h1-3,6H,4-5,8H2,(H2,19,23). The van der Waals surface area contributed by atoms with Gasteiger partial charge in [-0.3, -0.25) is 4.79 Å². The number of sulfonamides is 1. The summed E-state index contributed by atoms with van der Waals surface area (Å²) in [6, 6.07) is 4.10. The molecule has 0 spiro atoms. The van der Waals surface area contributed by atoms with E-state index in [0.717, 1.165) is 28.6 Å². The van der Waals surface area contributed by atoms with Gasteiger partial charge in [0.15, 0.2) is 0 Å². The first-order chi connectivity index (χ1) is 12.6. The fraction of sp³-hybridized carbons (Fsp3) is 0.267. The molecule has 143 valence electrons. The number of rotatable bonds is 4. The van der Waals surface area contributed by atoms with Crippen molar-refractivity contribution in [2.24, 2.45) is 5.73 Å². The van der Waals surface area contributed by atoms with Crippen molar-refractivity contribution in [3.63, 3.8) is 0 Å². The number of primary amides is 1. The second-order valence-corrected chi connectivity index (χ2v) is 7.50. The molecule has 0 aliphatic carbocycles. The highest BCUT2D eigenvalue weighted by molar-refractivity contribution is 7.89. The highest BCUT2D eigenvalue weighted by Crippen LogP contribution is 2.28. The van der Waals surface area contributed by atoms with Gasteiger partial charge in [0, 0.05) is 18.2 Å². The largest absolute Gasteiger partial charge is 0.573 e. The zero-order chi connectivity index (χ0) is 19.8. The third kappa shape index (κ3) is 4.17. The monoisotopic (exact) mass is 401 g/mol. The van der Waals surface area contributed by atoms with Crippen LogP contribution in [-0.2, 0) is 23.0 Å². The van der Waals surface area contributed by atoms with Crippen LogP contribution in [0.1, 0.15) is 21.9 Å². The number of nitrogens with zero attached hydrogens (tertiary/aromatic N) is 3. The van der Waals surface area contributed by atoms with Gasteiger partial charge in [-0.05, 0) is 18.6 Å². The first kappa shape index (κ1) is 19.0. The Labute approximate surface area is 151 Å². The number of hydrogen-bond donors (Lipinski definition) is 1. The zero-order valence-corrected chi connectivity index (χ0v) is 14.3. The molecule has 1 aromatic carbocycles. The Bertz CT molecular complexity index is 995. The van der Waals surface area contributed by atoms with Gasteiger partial charge in [0.1, 0.15) is 5.75 Å². The normalized spacial score (nSPS) is 15.2. The van der Waals surface area contributed by atoms with Crippen LogP contribution < -0.4 is 10.5 Å². The second kappa shape index (κ2) is 6.78. The summed E-state index contributed by atoms with van der Waals surface area (Å²) < 4.78 is 67.4. The molecule has 3 rings (SSSR count). The van der Waals surface area contributed by atoms with E-state index in [1.807, 2.05) is 0 Å². The quantitative estimate of drug-likeness (QED) is 0.818. The number of nitrogens with two attached hydrogens (primary N) is 1. The van der Waals surface area contributed by atoms with E-state index in [1.165, 1.54) is 0 Å². The number of halogens is 3. The Kier molecular flexibility index (Phi) is 4.78. The molecule has 1 aliphatic rings. The van der Waals surface area contributed by atoms with Crippen LogP contribution in [0, 0.1) is 6.20 Å². The van der Waals surface area contributed by atoms with Crippen molar-refractivity contribution in [2.75, 3.05) is 6.54 Å². The highest BCUT2D eigenvalue weighted by Gasteiger charge is 2.33. The van der Waals surface area contributed by atoms with Gasteiger partial charge in [-0.15, -0.1) is 13.2 Å². The maximum Gasteiger partial charge on any atom is 0.573 e. The lowest BCUT2D eigenvalue weighted by Gasteiger charge is -2.27. The number of ether oxygens (including phenoxy) is 1. The molecule has 0 unspecified atom stereocenters. The number of amides is 1. The summed E-state index contributed by atoms with van der Waals surface area (Å²) in [5, 5.41) is 0. The second-order valence-electron chi connectivity index (χ2n) is 5.56. The van der Waals surface area contributed by atoms with Gasteiger partial charge in [0.05, 0.1) is 23.3 Å². The number of carbonyl (C=O) groups is 1. The van der Waals surface area contributed by atoms with Crippen LogP contribution in [0.15, 0.2) is 29.2 Å². The molecule has 8 nitrogen and oxygen atoms in total. The first-order valence-corrected chi connectivity index (χ1v) is 8.93. The van der Waals surface area contributed by atoms with E-state index in [0.29, 0.717) is 5.56 Å². The average molecular weight is 401 g/mol. The highest BCUT2D eigenvalue weighted by atomic mass is 32.2. The van der Waals surface area contributed by atoms with Crippen molar-refractivity contribution >= 4 is 15.9 Å². The lowest BCUT2D eigenvalue weighted by atomic mass is 10.1. The zero-order valence-electron chi connectivity index (χ0n) is 13.5. The molecule has 0 saturated carbocycles. The van der Waals surface area contributed by atoms with Crippen molar-refractivity contribution in [1.82, 2.24) is 14.3 Å². The van der Waals surface area contributed by atoms with Crippen LogP contribution >= 0.6 is 0 Å². The summed E-state index contributed by atoms with van der Waals surface area (Å²) >= 11 is 0. The molecule has 1 amide bonds. The third-order valence-corrected chi connectivity index (χ3v) is 5.56. The van der Waals surface area contributed by atoms with Crippen LogP contribution in [-0.4, -0.2) is 41.5 Å². The number of carbonyl (C=O) groups excluding carboxylic acids is 1. The van der Waals surface area contributed by atoms with Crippen LogP contribution in [0.25, 0.3) is 0 Å². The number of fused-ring (bicyclic) bond motifs is 1. The number of alkyl halides is 3. The molecule has 2 N–H and O–H groups in total. The van der Waals surface area contributed by atoms with Gasteiger partial charge < -0.3 is 10.5 Å². The summed E-state index contributed by atoms with van der Waals surface area (Å²) in [6.45, 7) is -0.142. The molecule has 0 bridgehead atoms. The van der Waals surface area contributed by atoms with Crippen LogP contribution in [0.2, 0.25) is 0 Å². The Balaban J connectivity index is 1.89. The molecule has 2 heterocycles. The van der Waals surface area contributed by atoms with E-state index in [1.54, 1.807) is 0 Å². The van der Waals surface area contributed by atoms with Crippen molar-refractivity contribution in [3.05, 3.63) is 47.5 Å². The molecular weight excluding hydrogens is 389 g/mol. The maximum atomic E-state index is 12.8. The van der Waals surface area contributed by atoms with Gasteiger partial charge in [0.2, 0.25) is 15.8 Å². The Hall–Kier alpha value is -2.73. The van der Waals surface area contributed by atoms with Gasteiger partial charge in [-0.1, -0.05) is 6.07 Å².